The number of benzene rings is 2. The Hall–Kier alpha value is -3.03. The summed E-state index contributed by atoms with van der Waals surface area (Å²) in [6.45, 7) is 8.37. The van der Waals surface area contributed by atoms with Crippen LogP contribution >= 0.6 is 0 Å². The van der Waals surface area contributed by atoms with Gasteiger partial charge in [0.25, 0.3) is 0 Å². The average molecular weight is 405 g/mol. The zero-order chi connectivity index (χ0) is 20.9. The number of nitrogens with one attached hydrogen (secondary N) is 1. The van der Waals surface area contributed by atoms with Crippen molar-refractivity contribution in [3.8, 4) is 11.1 Å². The van der Waals surface area contributed by atoms with E-state index in [0.717, 1.165) is 38.4 Å². The fourth-order valence-electron chi connectivity index (χ4n) is 3.60. The van der Waals surface area contributed by atoms with Crippen LogP contribution in [0.1, 0.15) is 11.4 Å². The second kappa shape index (κ2) is 9.19. The summed E-state index contributed by atoms with van der Waals surface area (Å²) < 4.78 is 0. The van der Waals surface area contributed by atoms with Crippen LogP contribution < -0.4 is 10.2 Å². The Labute approximate surface area is 177 Å². The third-order valence-electron chi connectivity index (χ3n) is 5.33. The number of aromatic nitrogens is 3. The maximum absolute atomic E-state index is 9.11. The van der Waals surface area contributed by atoms with Crippen molar-refractivity contribution in [2.75, 3.05) is 49.5 Å². The van der Waals surface area contributed by atoms with E-state index in [1.807, 2.05) is 19.1 Å². The molecule has 0 amide bonds. The van der Waals surface area contributed by atoms with Gasteiger partial charge in [-0.3, -0.25) is 4.90 Å². The standard InChI is InChI=1S/C23H28N6O/c1-17-3-5-19(6-4-17)20-7-9-21(10-8-20)26-22-24-18(2)25-23(27-22)29-13-11-28(12-14-29)15-16-30/h3-10,30H,11-16H2,1-2H3,(H,24,25,26,27). The molecule has 7 heteroatoms. The molecule has 0 unspecified atom stereocenters. The van der Waals surface area contributed by atoms with E-state index < -0.39 is 0 Å². The highest BCUT2D eigenvalue weighted by molar-refractivity contribution is 5.67. The van der Waals surface area contributed by atoms with E-state index >= 15 is 0 Å². The number of β-amino-alcohol motifs (C(OH)–C–C–N with tert-alkyl or cyclic N) is 1. The Morgan fingerprint density at radius 2 is 1.47 bits per heavy atom. The summed E-state index contributed by atoms with van der Waals surface area (Å²) in [6.07, 6.45) is 0. The molecule has 0 bridgehead atoms. The molecule has 1 fully saturated rings. The van der Waals surface area contributed by atoms with E-state index in [4.69, 9.17) is 5.11 Å². The lowest BCUT2D eigenvalue weighted by Gasteiger charge is -2.34. The lowest BCUT2D eigenvalue weighted by atomic mass is 10.0. The molecule has 1 aliphatic rings. The molecule has 2 aromatic carbocycles. The monoisotopic (exact) mass is 404 g/mol. The second-order valence-electron chi connectivity index (χ2n) is 7.63. The van der Waals surface area contributed by atoms with Gasteiger partial charge >= 0.3 is 0 Å². The Bertz CT molecular complexity index is 966. The molecule has 1 aromatic heterocycles. The highest BCUT2D eigenvalue weighted by Gasteiger charge is 2.19. The SMILES string of the molecule is Cc1ccc(-c2ccc(Nc3nc(C)nc(N4CCN(CCO)CC4)n3)cc2)cc1. The van der Waals surface area contributed by atoms with Crippen LogP contribution in [-0.2, 0) is 0 Å². The normalized spacial score (nSPS) is 14.7. The molecule has 1 saturated heterocycles. The van der Waals surface area contributed by atoms with Crippen molar-refractivity contribution in [1.29, 1.82) is 0 Å². The van der Waals surface area contributed by atoms with Crippen LogP contribution in [0.2, 0.25) is 0 Å². The molecule has 0 aliphatic carbocycles. The molecule has 2 heterocycles. The molecule has 156 valence electrons. The van der Waals surface area contributed by atoms with Crippen LogP contribution in [0.15, 0.2) is 48.5 Å². The zero-order valence-corrected chi connectivity index (χ0v) is 17.5. The lowest BCUT2D eigenvalue weighted by molar-refractivity contribution is 0.188. The first-order chi connectivity index (χ1) is 14.6. The minimum absolute atomic E-state index is 0.196. The molecule has 30 heavy (non-hydrogen) atoms. The minimum atomic E-state index is 0.196. The number of nitrogens with zero attached hydrogens (tertiary/aromatic N) is 5. The van der Waals surface area contributed by atoms with Crippen molar-refractivity contribution in [3.63, 3.8) is 0 Å². The van der Waals surface area contributed by atoms with Crippen LogP contribution in [0.25, 0.3) is 11.1 Å². The van der Waals surface area contributed by atoms with Gasteiger partial charge in [0.2, 0.25) is 11.9 Å². The fraction of sp³-hybridized carbons (Fsp3) is 0.348. The molecular formula is C23H28N6O. The van der Waals surface area contributed by atoms with E-state index in [9.17, 15) is 0 Å². The summed E-state index contributed by atoms with van der Waals surface area (Å²) in [5.74, 6) is 1.94. The summed E-state index contributed by atoms with van der Waals surface area (Å²) >= 11 is 0. The lowest BCUT2D eigenvalue weighted by Crippen LogP contribution is -2.47. The van der Waals surface area contributed by atoms with Gasteiger partial charge < -0.3 is 15.3 Å². The van der Waals surface area contributed by atoms with Crippen molar-refractivity contribution < 1.29 is 5.11 Å². The van der Waals surface area contributed by atoms with Crippen LogP contribution in [0.4, 0.5) is 17.6 Å². The predicted octanol–water partition coefficient (Wildman–Crippen LogP) is 3.01. The quantitative estimate of drug-likeness (QED) is 0.654. The first-order valence-electron chi connectivity index (χ1n) is 10.4. The van der Waals surface area contributed by atoms with Gasteiger partial charge in [-0.15, -0.1) is 0 Å². The van der Waals surface area contributed by atoms with Gasteiger partial charge in [0.15, 0.2) is 0 Å². The molecule has 1 aliphatic heterocycles. The topological polar surface area (TPSA) is 77.4 Å². The van der Waals surface area contributed by atoms with Crippen molar-refractivity contribution in [3.05, 3.63) is 59.9 Å². The third kappa shape index (κ3) is 4.93. The second-order valence-corrected chi connectivity index (χ2v) is 7.63. The highest BCUT2D eigenvalue weighted by Crippen LogP contribution is 2.23. The number of aryl methyl sites for hydroxylation is 2. The Kier molecular flexibility index (Phi) is 6.21. The van der Waals surface area contributed by atoms with E-state index in [-0.39, 0.29) is 6.61 Å². The van der Waals surface area contributed by atoms with Gasteiger partial charge in [0.1, 0.15) is 5.82 Å². The van der Waals surface area contributed by atoms with Crippen molar-refractivity contribution in [1.82, 2.24) is 19.9 Å². The number of hydrogen-bond donors (Lipinski definition) is 2. The number of anilines is 3. The van der Waals surface area contributed by atoms with E-state index in [1.165, 1.54) is 16.7 Å². The summed E-state index contributed by atoms with van der Waals surface area (Å²) in [4.78, 5) is 18.0. The number of hydrogen-bond acceptors (Lipinski definition) is 7. The highest BCUT2D eigenvalue weighted by atomic mass is 16.3. The van der Waals surface area contributed by atoms with Gasteiger partial charge in [0, 0.05) is 38.4 Å². The van der Waals surface area contributed by atoms with Crippen LogP contribution in [0.3, 0.4) is 0 Å². The Morgan fingerprint density at radius 3 is 2.10 bits per heavy atom. The van der Waals surface area contributed by atoms with Gasteiger partial charge in [-0.25, -0.2) is 0 Å². The number of rotatable bonds is 6. The third-order valence-corrected chi connectivity index (χ3v) is 5.33. The Balaban J connectivity index is 1.45. The van der Waals surface area contributed by atoms with Crippen LogP contribution in [0, 0.1) is 13.8 Å². The molecule has 0 saturated carbocycles. The summed E-state index contributed by atoms with van der Waals surface area (Å²) in [6, 6.07) is 16.8. The first kappa shape index (κ1) is 20.3. The van der Waals surface area contributed by atoms with Gasteiger partial charge in [-0.05, 0) is 37.1 Å². The number of aliphatic hydroxyl groups is 1. The molecule has 2 N–H and O–H groups in total. The fourth-order valence-corrected chi connectivity index (χ4v) is 3.60. The first-order valence-corrected chi connectivity index (χ1v) is 10.4. The van der Waals surface area contributed by atoms with Crippen molar-refractivity contribution in [2.24, 2.45) is 0 Å². The van der Waals surface area contributed by atoms with Gasteiger partial charge in [-0.1, -0.05) is 42.0 Å². The Morgan fingerprint density at radius 1 is 0.833 bits per heavy atom. The zero-order valence-electron chi connectivity index (χ0n) is 17.5. The molecule has 7 nitrogen and oxygen atoms in total. The smallest absolute Gasteiger partial charge is 0.232 e. The van der Waals surface area contributed by atoms with E-state index in [2.05, 4.69) is 73.4 Å². The van der Waals surface area contributed by atoms with E-state index in [0.29, 0.717) is 17.7 Å². The van der Waals surface area contributed by atoms with Crippen molar-refractivity contribution >= 4 is 17.6 Å². The molecule has 4 rings (SSSR count). The molecule has 0 radical (unpaired) electrons. The number of piperazine rings is 1. The molecule has 3 aromatic rings. The number of aliphatic hydroxyl groups excluding tert-OH is 1. The molecular weight excluding hydrogens is 376 g/mol. The van der Waals surface area contributed by atoms with Gasteiger partial charge in [-0.2, -0.15) is 15.0 Å². The van der Waals surface area contributed by atoms with E-state index in [1.54, 1.807) is 0 Å². The summed E-state index contributed by atoms with van der Waals surface area (Å²) in [7, 11) is 0. The molecule has 0 atom stereocenters. The average Bonchev–Trinajstić information content (AvgIpc) is 2.75. The largest absolute Gasteiger partial charge is 0.395 e. The maximum Gasteiger partial charge on any atom is 0.232 e. The maximum atomic E-state index is 9.11. The summed E-state index contributed by atoms with van der Waals surface area (Å²) in [5.41, 5.74) is 4.57. The predicted molar refractivity (Wildman–Crippen MR) is 120 cm³/mol. The van der Waals surface area contributed by atoms with Gasteiger partial charge in [0.05, 0.1) is 6.61 Å². The van der Waals surface area contributed by atoms with Crippen LogP contribution in [0.5, 0.6) is 0 Å². The minimum Gasteiger partial charge on any atom is -0.395 e. The summed E-state index contributed by atoms with van der Waals surface area (Å²) in [5, 5.41) is 12.4. The van der Waals surface area contributed by atoms with Crippen LogP contribution in [-0.4, -0.2) is 64.3 Å². The van der Waals surface area contributed by atoms with Crippen molar-refractivity contribution in [2.45, 2.75) is 13.8 Å². The molecule has 0 spiro atoms.